The lowest BCUT2D eigenvalue weighted by molar-refractivity contribution is 0.0320. The van der Waals surface area contributed by atoms with Crippen molar-refractivity contribution < 1.29 is 15.1 Å². The van der Waals surface area contributed by atoms with Crippen LogP contribution in [0, 0.1) is 0 Å². The molecule has 2 unspecified atom stereocenters. The van der Waals surface area contributed by atoms with Gasteiger partial charge in [-0.3, -0.25) is 0 Å². The number of ether oxygens (including phenoxy) is 1. The zero-order valence-corrected chi connectivity index (χ0v) is 11.2. The molecule has 104 valence electrons. The summed E-state index contributed by atoms with van der Waals surface area (Å²) in [6, 6.07) is 7.44. The second-order valence-corrected chi connectivity index (χ2v) is 5.07. The largest absolute Gasteiger partial charge is 0.488 e. The van der Waals surface area contributed by atoms with Crippen molar-refractivity contribution in [3.8, 4) is 5.75 Å². The van der Waals surface area contributed by atoms with Crippen LogP contribution >= 0.6 is 0 Å². The zero-order chi connectivity index (χ0) is 13.7. The molecule has 0 radical (unpaired) electrons. The van der Waals surface area contributed by atoms with E-state index in [0.29, 0.717) is 11.5 Å². The van der Waals surface area contributed by atoms with Crippen LogP contribution in [-0.2, 0) is 0 Å². The van der Waals surface area contributed by atoms with Crippen molar-refractivity contribution in [1.82, 2.24) is 0 Å². The molecule has 0 aliphatic heterocycles. The van der Waals surface area contributed by atoms with Crippen molar-refractivity contribution in [2.45, 2.75) is 51.2 Å². The minimum absolute atomic E-state index is 0.135. The molecule has 0 heterocycles. The number of benzene rings is 1. The summed E-state index contributed by atoms with van der Waals surface area (Å²) >= 11 is 0. The molecular formula is C15H21NO3. The summed E-state index contributed by atoms with van der Waals surface area (Å²) in [5, 5.41) is 22.0. The maximum Gasteiger partial charge on any atom is 0.124 e. The summed E-state index contributed by atoms with van der Waals surface area (Å²) in [7, 11) is 0. The normalized spacial score (nSPS) is 24.8. The molecule has 0 aromatic heterocycles. The van der Waals surface area contributed by atoms with Gasteiger partial charge in [-0.25, -0.2) is 0 Å². The number of nitrogens with zero attached hydrogens (tertiary/aromatic N) is 1. The zero-order valence-electron chi connectivity index (χ0n) is 11.2. The van der Waals surface area contributed by atoms with E-state index in [1.54, 1.807) is 6.92 Å². The fraction of sp³-hybridized carbons (Fsp3) is 0.533. The molecule has 0 saturated heterocycles. The lowest BCUT2D eigenvalue weighted by atomic mass is 10.1. The number of aliphatic hydroxyl groups is 1. The van der Waals surface area contributed by atoms with Crippen molar-refractivity contribution in [1.29, 1.82) is 0 Å². The van der Waals surface area contributed by atoms with Gasteiger partial charge in [-0.1, -0.05) is 30.1 Å². The first-order chi connectivity index (χ1) is 9.20. The Bertz CT molecular complexity index is 445. The van der Waals surface area contributed by atoms with Crippen molar-refractivity contribution in [2.75, 3.05) is 0 Å². The van der Waals surface area contributed by atoms with Gasteiger partial charge in [0.1, 0.15) is 11.9 Å². The van der Waals surface area contributed by atoms with Gasteiger partial charge in [0.05, 0.1) is 11.8 Å². The predicted octanol–water partition coefficient (Wildman–Crippen LogP) is 2.96. The van der Waals surface area contributed by atoms with Crippen molar-refractivity contribution in [2.24, 2.45) is 5.16 Å². The minimum Gasteiger partial charge on any atom is -0.488 e. The Balaban J connectivity index is 2.09. The first-order valence-corrected chi connectivity index (χ1v) is 6.84. The molecule has 1 aliphatic rings. The summed E-state index contributed by atoms with van der Waals surface area (Å²) in [4.78, 5) is 0. The monoisotopic (exact) mass is 263 g/mol. The Morgan fingerprint density at radius 2 is 2.05 bits per heavy atom. The quantitative estimate of drug-likeness (QED) is 0.381. The first kappa shape index (κ1) is 13.9. The smallest absolute Gasteiger partial charge is 0.124 e. The number of hydrogen-bond donors (Lipinski definition) is 2. The molecule has 4 nitrogen and oxygen atoms in total. The maximum absolute atomic E-state index is 10.0. The molecule has 1 aliphatic carbocycles. The average molecular weight is 263 g/mol. The van der Waals surface area contributed by atoms with Crippen molar-refractivity contribution >= 4 is 5.71 Å². The lowest BCUT2D eigenvalue weighted by Crippen LogP contribution is -2.30. The van der Waals surface area contributed by atoms with Gasteiger partial charge in [0.25, 0.3) is 0 Å². The van der Waals surface area contributed by atoms with E-state index in [2.05, 4.69) is 5.16 Å². The number of rotatable bonds is 3. The highest BCUT2D eigenvalue weighted by Gasteiger charge is 2.23. The van der Waals surface area contributed by atoms with E-state index in [9.17, 15) is 5.11 Å². The van der Waals surface area contributed by atoms with Crippen LogP contribution < -0.4 is 4.74 Å². The van der Waals surface area contributed by atoms with Gasteiger partial charge in [-0.15, -0.1) is 0 Å². The van der Waals surface area contributed by atoms with Gasteiger partial charge in [0.15, 0.2) is 0 Å². The molecule has 0 spiro atoms. The molecule has 0 amide bonds. The second kappa shape index (κ2) is 6.57. The third kappa shape index (κ3) is 3.70. The molecule has 1 aromatic rings. The Hall–Kier alpha value is -1.55. The minimum atomic E-state index is -0.390. The van der Waals surface area contributed by atoms with E-state index in [0.717, 1.165) is 37.7 Å². The van der Waals surface area contributed by atoms with Crippen LogP contribution in [0.1, 0.15) is 44.6 Å². The Morgan fingerprint density at radius 1 is 1.26 bits per heavy atom. The van der Waals surface area contributed by atoms with E-state index in [-0.39, 0.29) is 6.10 Å². The van der Waals surface area contributed by atoms with E-state index in [4.69, 9.17) is 9.94 Å². The lowest BCUT2D eigenvalue weighted by Gasteiger charge is -2.22. The molecule has 2 rings (SSSR count). The van der Waals surface area contributed by atoms with E-state index < -0.39 is 6.10 Å². The molecule has 1 saturated carbocycles. The van der Waals surface area contributed by atoms with Gasteiger partial charge < -0.3 is 15.1 Å². The van der Waals surface area contributed by atoms with Crippen molar-refractivity contribution in [3.63, 3.8) is 0 Å². The van der Waals surface area contributed by atoms with Crippen LogP contribution in [0.15, 0.2) is 29.4 Å². The van der Waals surface area contributed by atoms with E-state index in [1.165, 1.54) is 0 Å². The van der Waals surface area contributed by atoms with Crippen molar-refractivity contribution in [3.05, 3.63) is 29.8 Å². The van der Waals surface area contributed by atoms with Crippen LogP contribution in [-0.4, -0.2) is 28.2 Å². The number of hydrogen-bond acceptors (Lipinski definition) is 4. The van der Waals surface area contributed by atoms with Gasteiger partial charge >= 0.3 is 0 Å². The Kier molecular flexibility index (Phi) is 4.80. The first-order valence-electron chi connectivity index (χ1n) is 6.84. The topological polar surface area (TPSA) is 62.1 Å². The Labute approximate surface area is 113 Å². The molecule has 2 atom stereocenters. The number of oxime groups is 1. The highest BCUT2D eigenvalue weighted by Crippen LogP contribution is 2.24. The van der Waals surface area contributed by atoms with Crippen LogP contribution in [0.5, 0.6) is 5.75 Å². The third-order valence-corrected chi connectivity index (χ3v) is 3.61. The summed E-state index contributed by atoms with van der Waals surface area (Å²) in [6.45, 7) is 1.74. The van der Waals surface area contributed by atoms with E-state index >= 15 is 0 Å². The number of aliphatic hydroxyl groups excluding tert-OH is 1. The van der Waals surface area contributed by atoms with E-state index in [1.807, 2.05) is 24.3 Å². The molecule has 4 heteroatoms. The fourth-order valence-electron chi connectivity index (χ4n) is 2.42. The standard InChI is InChI=1S/C15H21NO3/c1-11(16-18)12-6-5-7-13(10-12)19-15-9-4-2-3-8-14(15)17/h5-7,10,14-15,17-18H,2-4,8-9H2,1H3. The van der Waals surface area contributed by atoms with Crippen LogP contribution in [0.25, 0.3) is 0 Å². The molecule has 1 fully saturated rings. The molecule has 19 heavy (non-hydrogen) atoms. The summed E-state index contributed by atoms with van der Waals surface area (Å²) in [6.07, 6.45) is 4.49. The SMILES string of the molecule is CC(=NO)c1cccc(OC2CCCCCC2O)c1. The maximum atomic E-state index is 10.0. The second-order valence-electron chi connectivity index (χ2n) is 5.07. The highest BCUT2D eigenvalue weighted by molar-refractivity contribution is 5.98. The average Bonchev–Trinajstić information content (AvgIpc) is 2.64. The summed E-state index contributed by atoms with van der Waals surface area (Å²) < 4.78 is 5.90. The highest BCUT2D eigenvalue weighted by atomic mass is 16.5. The van der Waals surface area contributed by atoms with Gasteiger partial charge in [0, 0.05) is 5.56 Å². The van der Waals surface area contributed by atoms with Crippen LogP contribution in [0.2, 0.25) is 0 Å². The van der Waals surface area contributed by atoms with Crippen LogP contribution in [0.3, 0.4) is 0 Å². The molecular weight excluding hydrogens is 242 g/mol. The predicted molar refractivity (Wildman–Crippen MR) is 73.9 cm³/mol. The molecule has 2 N–H and O–H groups in total. The van der Waals surface area contributed by atoms with Gasteiger partial charge in [-0.2, -0.15) is 0 Å². The molecule has 1 aromatic carbocycles. The summed E-state index contributed by atoms with van der Waals surface area (Å²) in [5.74, 6) is 0.714. The van der Waals surface area contributed by atoms with Gasteiger partial charge in [-0.05, 0) is 38.3 Å². The molecule has 0 bridgehead atoms. The third-order valence-electron chi connectivity index (χ3n) is 3.61. The Morgan fingerprint density at radius 3 is 2.84 bits per heavy atom. The van der Waals surface area contributed by atoms with Crippen LogP contribution in [0.4, 0.5) is 0 Å². The van der Waals surface area contributed by atoms with Gasteiger partial charge in [0.2, 0.25) is 0 Å². The fourth-order valence-corrected chi connectivity index (χ4v) is 2.42. The summed E-state index contributed by atoms with van der Waals surface area (Å²) in [5.41, 5.74) is 1.37.